The highest BCUT2D eigenvalue weighted by atomic mass is 19.1. The standard InChI is InChI=1S/C21H22F2N4O/c1-26-8-7-25-21(26)20-13-24-6-9-27(20)14-15-2-4-18(5-3-15)28-19-11-16(22)10-17(23)12-19/h2-5,7-8,10-12,20,24H,6,9,13-14H2,1H3. The van der Waals surface area contributed by atoms with Crippen LogP contribution in [0.4, 0.5) is 8.78 Å². The molecule has 1 saturated heterocycles. The second-order valence-corrected chi connectivity index (χ2v) is 6.94. The Bertz CT molecular complexity index is 922. The lowest BCUT2D eigenvalue weighted by molar-refractivity contribution is 0.144. The van der Waals surface area contributed by atoms with Crippen LogP contribution < -0.4 is 10.1 Å². The molecule has 1 fully saturated rings. The first-order valence-electron chi connectivity index (χ1n) is 9.23. The Morgan fingerprint density at radius 3 is 2.54 bits per heavy atom. The molecular formula is C21H22F2N4O. The van der Waals surface area contributed by atoms with Gasteiger partial charge in [-0.05, 0) is 17.7 Å². The lowest BCUT2D eigenvalue weighted by Gasteiger charge is -2.35. The maximum Gasteiger partial charge on any atom is 0.133 e. The Morgan fingerprint density at radius 2 is 1.86 bits per heavy atom. The zero-order valence-electron chi connectivity index (χ0n) is 15.6. The summed E-state index contributed by atoms with van der Waals surface area (Å²) in [4.78, 5) is 6.91. The summed E-state index contributed by atoms with van der Waals surface area (Å²) in [5, 5.41) is 3.44. The number of benzene rings is 2. The fourth-order valence-corrected chi connectivity index (χ4v) is 3.51. The molecule has 2 aromatic carbocycles. The Labute approximate surface area is 162 Å². The molecule has 5 nitrogen and oxygen atoms in total. The van der Waals surface area contributed by atoms with E-state index in [0.29, 0.717) is 5.75 Å². The third kappa shape index (κ3) is 4.21. The Balaban J connectivity index is 1.45. The molecule has 146 valence electrons. The van der Waals surface area contributed by atoms with E-state index in [-0.39, 0.29) is 11.8 Å². The summed E-state index contributed by atoms with van der Waals surface area (Å²) in [5.74, 6) is 0.397. The fourth-order valence-electron chi connectivity index (χ4n) is 3.51. The summed E-state index contributed by atoms with van der Waals surface area (Å²) in [6.07, 6.45) is 3.78. The molecule has 0 saturated carbocycles. The van der Waals surface area contributed by atoms with Gasteiger partial charge >= 0.3 is 0 Å². The molecule has 1 atom stereocenters. The maximum atomic E-state index is 13.3. The number of halogens is 2. The molecule has 1 unspecified atom stereocenters. The molecule has 2 heterocycles. The summed E-state index contributed by atoms with van der Waals surface area (Å²) in [6.45, 7) is 3.51. The topological polar surface area (TPSA) is 42.3 Å². The van der Waals surface area contributed by atoms with E-state index in [1.807, 2.05) is 43.7 Å². The van der Waals surface area contributed by atoms with Gasteiger partial charge in [0.1, 0.15) is 29.0 Å². The molecule has 7 heteroatoms. The van der Waals surface area contributed by atoms with Gasteiger partial charge in [0, 0.05) is 63.8 Å². The van der Waals surface area contributed by atoms with E-state index in [2.05, 4.69) is 19.8 Å². The van der Waals surface area contributed by atoms with Crippen molar-refractivity contribution in [1.29, 1.82) is 0 Å². The van der Waals surface area contributed by atoms with Crippen molar-refractivity contribution < 1.29 is 13.5 Å². The van der Waals surface area contributed by atoms with Crippen molar-refractivity contribution in [2.24, 2.45) is 7.05 Å². The molecule has 1 aliphatic heterocycles. The minimum absolute atomic E-state index is 0.141. The van der Waals surface area contributed by atoms with Crippen LogP contribution in [0.3, 0.4) is 0 Å². The predicted octanol–water partition coefficient (Wildman–Crippen LogP) is 3.64. The molecule has 0 bridgehead atoms. The lowest BCUT2D eigenvalue weighted by atomic mass is 10.1. The molecule has 0 spiro atoms. The van der Waals surface area contributed by atoms with E-state index in [1.54, 1.807) is 0 Å². The average molecular weight is 384 g/mol. The average Bonchev–Trinajstić information content (AvgIpc) is 3.09. The smallest absolute Gasteiger partial charge is 0.133 e. The summed E-state index contributed by atoms with van der Waals surface area (Å²) < 4.78 is 34.2. The van der Waals surface area contributed by atoms with Crippen LogP contribution >= 0.6 is 0 Å². The molecular weight excluding hydrogens is 362 g/mol. The van der Waals surface area contributed by atoms with E-state index < -0.39 is 11.6 Å². The minimum Gasteiger partial charge on any atom is -0.457 e. The zero-order chi connectivity index (χ0) is 19.5. The molecule has 0 radical (unpaired) electrons. The number of aryl methyl sites for hydroxylation is 1. The van der Waals surface area contributed by atoms with Crippen molar-refractivity contribution in [3.8, 4) is 11.5 Å². The van der Waals surface area contributed by atoms with Gasteiger partial charge in [0.15, 0.2) is 0 Å². The first kappa shape index (κ1) is 18.6. The van der Waals surface area contributed by atoms with Crippen LogP contribution in [0.2, 0.25) is 0 Å². The molecule has 0 aliphatic carbocycles. The normalized spacial score (nSPS) is 17.6. The fraction of sp³-hybridized carbons (Fsp3) is 0.286. The second kappa shape index (κ2) is 8.08. The van der Waals surface area contributed by atoms with Crippen LogP contribution in [-0.4, -0.2) is 34.1 Å². The summed E-state index contributed by atoms with van der Waals surface area (Å²) in [7, 11) is 2.01. The molecule has 1 aromatic heterocycles. The number of rotatable bonds is 5. The van der Waals surface area contributed by atoms with Crippen molar-refractivity contribution >= 4 is 0 Å². The third-order valence-electron chi connectivity index (χ3n) is 4.89. The van der Waals surface area contributed by atoms with Crippen LogP contribution in [0, 0.1) is 11.6 Å². The number of imidazole rings is 1. The number of piperazine rings is 1. The largest absolute Gasteiger partial charge is 0.457 e. The lowest BCUT2D eigenvalue weighted by Crippen LogP contribution is -2.46. The van der Waals surface area contributed by atoms with Gasteiger partial charge in [-0.1, -0.05) is 12.1 Å². The summed E-state index contributed by atoms with van der Waals surface area (Å²) in [5.41, 5.74) is 1.14. The Kier molecular flexibility index (Phi) is 5.36. The van der Waals surface area contributed by atoms with Gasteiger partial charge in [-0.3, -0.25) is 4.90 Å². The number of hydrogen-bond acceptors (Lipinski definition) is 4. The zero-order valence-corrected chi connectivity index (χ0v) is 15.6. The molecule has 0 amide bonds. The van der Waals surface area contributed by atoms with Gasteiger partial charge in [0.2, 0.25) is 0 Å². The summed E-state index contributed by atoms with van der Waals surface area (Å²) in [6, 6.07) is 10.9. The maximum absolute atomic E-state index is 13.3. The Morgan fingerprint density at radius 1 is 1.11 bits per heavy atom. The van der Waals surface area contributed by atoms with Crippen LogP contribution in [0.1, 0.15) is 17.4 Å². The highest BCUT2D eigenvalue weighted by Gasteiger charge is 2.26. The molecule has 3 aromatic rings. The van der Waals surface area contributed by atoms with E-state index in [9.17, 15) is 8.78 Å². The van der Waals surface area contributed by atoms with Crippen molar-refractivity contribution in [3.05, 3.63) is 77.9 Å². The van der Waals surface area contributed by atoms with Gasteiger partial charge in [-0.2, -0.15) is 0 Å². The predicted molar refractivity (Wildman–Crippen MR) is 102 cm³/mol. The Hall–Kier alpha value is -2.77. The van der Waals surface area contributed by atoms with Crippen LogP contribution in [0.25, 0.3) is 0 Å². The molecule has 1 aliphatic rings. The van der Waals surface area contributed by atoms with Crippen LogP contribution in [0.15, 0.2) is 54.9 Å². The van der Waals surface area contributed by atoms with Crippen molar-refractivity contribution in [1.82, 2.24) is 19.8 Å². The van der Waals surface area contributed by atoms with Crippen LogP contribution in [0.5, 0.6) is 11.5 Å². The van der Waals surface area contributed by atoms with E-state index >= 15 is 0 Å². The third-order valence-corrected chi connectivity index (χ3v) is 4.89. The van der Waals surface area contributed by atoms with E-state index in [1.165, 1.54) is 0 Å². The number of aromatic nitrogens is 2. The van der Waals surface area contributed by atoms with Crippen LogP contribution in [-0.2, 0) is 13.6 Å². The SMILES string of the molecule is Cn1ccnc1C1CNCCN1Cc1ccc(Oc2cc(F)cc(F)c2)cc1. The second-order valence-electron chi connectivity index (χ2n) is 6.94. The highest BCUT2D eigenvalue weighted by Crippen LogP contribution is 2.26. The van der Waals surface area contributed by atoms with Crippen molar-refractivity contribution in [3.63, 3.8) is 0 Å². The van der Waals surface area contributed by atoms with Crippen molar-refractivity contribution in [2.45, 2.75) is 12.6 Å². The summed E-state index contributed by atoms with van der Waals surface area (Å²) >= 11 is 0. The minimum atomic E-state index is -0.661. The van der Waals surface area contributed by atoms with E-state index in [4.69, 9.17) is 4.74 Å². The van der Waals surface area contributed by atoms with Gasteiger partial charge in [0.25, 0.3) is 0 Å². The van der Waals surface area contributed by atoms with E-state index in [0.717, 1.165) is 55.8 Å². The number of nitrogens with zero attached hydrogens (tertiary/aromatic N) is 3. The molecule has 1 N–H and O–H groups in total. The number of ether oxygens (including phenoxy) is 1. The van der Waals surface area contributed by atoms with Gasteiger partial charge in [0.05, 0.1) is 6.04 Å². The number of hydrogen-bond donors (Lipinski definition) is 1. The highest BCUT2D eigenvalue weighted by molar-refractivity contribution is 5.33. The monoisotopic (exact) mass is 384 g/mol. The van der Waals surface area contributed by atoms with Gasteiger partial charge in [-0.15, -0.1) is 0 Å². The van der Waals surface area contributed by atoms with Gasteiger partial charge < -0.3 is 14.6 Å². The molecule has 28 heavy (non-hydrogen) atoms. The number of nitrogens with one attached hydrogen (secondary N) is 1. The van der Waals surface area contributed by atoms with Gasteiger partial charge in [-0.25, -0.2) is 13.8 Å². The molecule has 4 rings (SSSR count). The van der Waals surface area contributed by atoms with Crippen molar-refractivity contribution in [2.75, 3.05) is 19.6 Å². The first-order chi connectivity index (χ1) is 13.6. The first-order valence-corrected chi connectivity index (χ1v) is 9.23. The quantitative estimate of drug-likeness (QED) is 0.729.